The highest BCUT2D eigenvalue weighted by Gasteiger charge is 2.41. The zero-order valence-electron chi connectivity index (χ0n) is 19.8. The van der Waals surface area contributed by atoms with E-state index in [4.69, 9.17) is 25.8 Å². The summed E-state index contributed by atoms with van der Waals surface area (Å²) in [5, 5.41) is 24.0. The van der Waals surface area contributed by atoms with E-state index >= 15 is 0 Å². The minimum Gasteiger partial charge on any atom is -0.443 e. The lowest BCUT2D eigenvalue weighted by Gasteiger charge is -2.28. The molecule has 3 atom stereocenters. The molecule has 1 aliphatic rings. The van der Waals surface area contributed by atoms with E-state index in [-0.39, 0.29) is 27.7 Å². The number of fused-ring (bicyclic) bond motifs is 1. The predicted octanol–water partition coefficient (Wildman–Crippen LogP) is 2.96. The van der Waals surface area contributed by atoms with Crippen LogP contribution < -0.4 is 4.90 Å². The van der Waals surface area contributed by atoms with Crippen molar-refractivity contribution < 1.29 is 34.0 Å². The van der Waals surface area contributed by atoms with Crippen molar-refractivity contribution in [3.63, 3.8) is 0 Å². The van der Waals surface area contributed by atoms with E-state index in [0.717, 1.165) is 0 Å². The second-order valence-corrected chi connectivity index (χ2v) is 9.99. The van der Waals surface area contributed by atoms with Gasteiger partial charge in [0.15, 0.2) is 17.7 Å². The molecule has 0 spiro atoms. The van der Waals surface area contributed by atoms with Gasteiger partial charge in [-0.15, -0.1) is 0 Å². The number of ether oxygens (including phenoxy) is 3. The molecule has 3 rings (SSSR count). The van der Waals surface area contributed by atoms with Crippen LogP contribution in [0.1, 0.15) is 47.8 Å². The third-order valence-corrected chi connectivity index (χ3v) is 4.71. The monoisotopic (exact) mass is 497 g/mol. The largest absolute Gasteiger partial charge is 0.443 e. The summed E-state index contributed by atoms with van der Waals surface area (Å²) in [6.07, 6.45) is -3.90. The van der Waals surface area contributed by atoms with E-state index in [2.05, 4.69) is 21.6 Å². The molecule has 2 aromatic rings. The third kappa shape index (κ3) is 5.30. The number of nitrogens with zero attached hydrogens (tertiary/aromatic N) is 5. The number of aliphatic hydroxyl groups is 2. The lowest BCUT2D eigenvalue weighted by molar-refractivity contribution is -0.0545. The molecule has 2 aromatic heterocycles. The Bertz CT molecular complexity index is 1090. The van der Waals surface area contributed by atoms with Crippen LogP contribution in [0.25, 0.3) is 11.0 Å². The van der Waals surface area contributed by atoms with Gasteiger partial charge in [-0.3, -0.25) is 0 Å². The van der Waals surface area contributed by atoms with Gasteiger partial charge in [0.05, 0.1) is 18.2 Å². The Morgan fingerprint density at radius 2 is 1.74 bits per heavy atom. The van der Waals surface area contributed by atoms with E-state index in [1.165, 1.54) is 10.9 Å². The maximum atomic E-state index is 13.0. The van der Waals surface area contributed by atoms with Gasteiger partial charge in [-0.05, 0) is 58.7 Å². The van der Waals surface area contributed by atoms with Crippen LogP contribution in [0.2, 0.25) is 5.28 Å². The summed E-state index contributed by atoms with van der Waals surface area (Å²) in [6, 6.07) is 0. The first-order valence-corrected chi connectivity index (χ1v) is 10.8. The van der Waals surface area contributed by atoms with Gasteiger partial charge >= 0.3 is 12.2 Å². The summed E-state index contributed by atoms with van der Waals surface area (Å²) in [4.78, 5) is 34.9. The molecule has 2 amide bonds. The Labute approximate surface area is 201 Å². The molecular weight excluding hydrogens is 470 g/mol. The molecule has 1 fully saturated rings. The summed E-state index contributed by atoms with van der Waals surface area (Å²) >= 11 is 6.14. The van der Waals surface area contributed by atoms with Crippen molar-refractivity contribution in [2.45, 2.75) is 71.2 Å². The van der Waals surface area contributed by atoms with Crippen LogP contribution in [0.3, 0.4) is 0 Å². The normalized spacial score (nSPS) is 21.1. The predicted molar refractivity (Wildman–Crippen MR) is 121 cm³/mol. The first kappa shape index (κ1) is 25.8. The first-order valence-electron chi connectivity index (χ1n) is 10.4. The fourth-order valence-corrected chi connectivity index (χ4v) is 3.32. The Morgan fingerprint density at radius 1 is 1.18 bits per heavy atom. The van der Waals surface area contributed by atoms with Gasteiger partial charge in [0.25, 0.3) is 0 Å². The zero-order chi connectivity index (χ0) is 25.6. The Hall–Kier alpha value is -2.80. The second-order valence-electron chi connectivity index (χ2n) is 9.66. The molecule has 13 heteroatoms. The molecule has 0 saturated carbocycles. The molecule has 0 unspecified atom stereocenters. The van der Waals surface area contributed by atoms with Crippen molar-refractivity contribution in [2.24, 2.45) is 0 Å². The molecule has 1 aliphatic heterocycles. The molecule has 1 saturated heterocycles. The third-order valence-electron chi connectivity index (χ3n) is 4.54. The number of aromatic nitrogens is 4. The minimum absolute atomic E-state index is 0.0579. The molecule has 186 valence electrons. The van der Waals surface area contributed by atoms with Gasteiger partial charge in [-0.25, -0.2) is 14.3 Å². The van der Waals surface area contributed by atoms with Gasteiger partial charge in [-0.2, -0.15) is 20.0 Å². The van der Waals surface area contributed by atoms with Crippen LogP contribution in [0.15, 0.2) is 18.3 Å². The number of amides is 2. The molecule has 0 radical (unpaired) electrons. The maximum Gasteiger partial charge on any atom is 0.425 e. The number of anilines is 1. The average Bonchev–Trinajstić information content (AvgIpc) is 3.20. The Morgan fingerprint density at radius 3 is 2.21 bits per heavy atom. The topological polar surface area (TPSA) is 149 Å². The summed E-state index contributed by atoms with van der Waals surface area (Å²) < 4.78 is 17.7. The summed E-state index contributed by atoms with van der Waals surface area (Å²) in [5.74, 6) is -0.227. The number of carbonyl (C=O) groups is 2. The minimum atomic E-state index is -1.20. The van der Waals surface area contributed by atoms with Gasteiger partial charge in [0.1, 0.15) is 23.4 Å². The lowest BCUT2D eigenvalue weighted by atomic mass is 10.1. The van der Waals surface area contributed by atoms with E-state index < -0.39 is 48.4 Å². The number of halogens is 1. The van der Waals surface area contributed by atoms with Crippen LogP contribution in [-0.4, -0.2) is 72.2 Å². The number of carbonyl (C=O) groups excluding carboxylic acids is 2. The number of hydrogen-bond donors (Lipinski definition) is 2. The molecular formula is C21H28ClN5O7. The van der Waals surface area contributed by atoms with E-state index in [0.29, 0.717) is 4.90 Å². The molecule has 0 aliphatic carbocycles. The fourth-order valence-electron chi connectivity index (χ4n) is 3.16. The fraction of sp³-hybridized carbons (Fsp3) is 0.571. The van der Waals surface area contributed by atoms with Gasteiger partial charge in [0, 0.05) is 0 Å². The SMILES string of the molecule is C=C1[C@@H](O)[C@H](n2ncc3c(N(C(=O)OC(C)(C)C)C(=O)OC(C)(C)C)nc(Cl)nc32)O[C@@H]1CO. The van der Waals surface area contributed by atoms with Gasteiger partial charge in [0.2, 0.25) is 5.28 Å². The molecule has 2 N–H and O–H groups in total. The highest BCUT2D eigenvalue weighted by atomic mass is 35.5. The van der Waals surface area contributed by atoms with Crippen molar-refractivity contribution in [2.75, 3.05) is 11.5 Å². The quantitative estimate of drug-likeness (QED) is 0.478. The molecule has 3 heterocycles. The standard InChI is InChI=1S/C21H28ClN5O7/c1-10-12(9-28)32-16(13(10)29)27-15-11(8-23-27)14(24-17(22)25-15)26(18(30)33-20(2,3)4)19(31)34-21(5,6)7/h8,12-13,16,28-29H,1,9H2,2-7H3/t12-,13-,16-/m1/s1. The highest BCUT2D eigenvalue weighted by Crippen LogP contribution is 2.36. The van der Waals surface area contributed by atoms with E-state index in [9.17, 15) is 19.8 Å². The zero-order valence-corrected chi connectivity index (χ0v) is 20.5. The van der Waals surface area contributed by atoms with Crippen molar-refractivity contribution >= 4 is 40.6 Å². The molecule has 12 nitrogen and oxygen atoms in total. The first-order chi connectivity index (χ1) is 15.6. The van der Waals surface area contributed by atoms with Crippen molar-refractivity contribution in [3.8, 4) is 0 Å². The van der Waals surface area contributed by atoms with E-state index in [1.54, 1.807) is 41.5 Å². The van der Waals surface area contributed by atoms with Crippen molar-refractivity contribution in [1.29, 1.82) is 0 Å². The second kappa shape index (κ2) is 9.10. The maximum absolute atomic E-state index is 13.0. The lowest BCUT2D eigenvalue weighted by Crippen LogP contribution is -2.44. The van der Waals surface area contributed by atoms with Crippen LogP contribution in [-0.2, 0) is 14.2 Å². The molecule has 0 bridgehead atoms. The number of imide groups is 1. The van der Waals surface area contributed by atoms with Crippen LogP contribution in [0.4, 0.5) is 15.4 Å². The highest BCUT2D eigenvalue weighted by molar-refractivity contribution is 6.29. The van der Waals surface area contributed by atoms with Crippen LogP contribution >= 0.6 is 11.6 Å². The van der Waals surface area contributed by atoms with Crippen molar-refractivity contribution in [1.82, 2.24) is 19.7 Å². The summed E-state index contributed by atoms with van der Waals surface area (Å²) in [5.41, 5.74) is -1.54. The van der Waals surface area contributed by atoms with Gasteiger partial charge in [-0.1, -0.05) is 6.58 Å². The average molecular weight is 498 g/mol. The number of hydrogen-bond acceptors (Lipinski definition) is 10. The number of aliphatic hydroxyl groups excluding tert-OH is 2. The van der Waals surface area contributed by atoms with Crippen LogP contribution in [0, 0.1) is 0 Å². The van der Waals surface area contributed by atoms with E-state index in [1.807, 2.05) is 0 Å². The van der Waals surface area contributed by atoms with Crippen molar-refractivity contribution in [3.05, 3.63) is 23.6 Å². The summed E-state index contributed by atoms with van der Waals surface area (Å²) in [6.45, 7) is 13.2. The Kier molecular flexibility index (Phi) is 6.91. The summed E-state index contributed by atoms with van der Waals surface area (Å²) in [7, 11) is 0. The van der Waals surface area contributed by atoms with Crippen LogP contribution in [0.5, 0.6) is 0 Å². The number of rotatable bonds is 3. The van der Waals surface area contributed by atoms with Gasteiger partial charge < -0.3 is 24.4 Å². The smallest absolute Gasteiger partial charge is 0.425 e. The Balaban J connectivity index is 2.14. The molecule has 34 heavy (non-hydrogen) atoms. The molecule has 0 aromatic carbocycles.